The van der Waals surface area contributed by atoms with Crippen molar-refractivity contribution < 1.29 is 14.3 Å². The minimum absolute atomic E-state index is 0.302. The Kier molecular flexibility index (Phi) is 4.30. The second-order valence-electron chi connectivity index (χ2n) is 7.68. The summed E-state index contributed by atoms with van der Waals surface area (Å²) in [5.74, 6) is 0.931. The number of carbonyl (C=O) groups excluding carboxylic acids is 1. The quantitative estimate of drug-likeness (QED) is 0.595. The number of rotatable bonds is 2. The van der Waals surface area contributed by atoms with Crippen LogP contribution in [0.1, 0.15) is 53.9 Å². The van der Waals surface area contributed by atoms with Crippen LogP contribution < -0.4 is 4.74 Å². The Morgan fingerprint density at radius 2 is 2.07 bits per heavy atom. The third-order valence-corrected chi connectivity index (χ3v) is 6.12. The van der Waals surface area contributed by atoms with Crippen molar-refractivity contribution in [2.45, 2.75) is 44.6 Å². The molecule has 2 aliphatic rings. The van der Waals surface area contributed by atoms with Gasteiger partial charge in [-0.15, -0.1) is 0 Å². The lowest BCUT2D eigenvalue weighted by molar-refractivity contribution is 0.0601. The smallest absolute Gasteiger partial charge is 0.337 e. The van der Waals surface area contributed by atoms with Crippen LogP contribution in [-0.2, 0) is 11.3 Å². The molecule has 1 aromatic carbocycles. The normalized spacial score (nSPS) is 16.8. The van der Waals surface area contributed by atoms with E-state index in [0.29, 0.717) is 24.0 Å². The van der Waals surface area contributed by atoms with Crippen LogP contribution in [-0.4, -0.2) is 29.2 Å². The van der Waals surface area contributed by atoms with Gasteiger partial charge in [0, 0.05) is 17.1 Å². The maximum atomic E-state index is 12.1. The SMILES string of the molecule is COC(=O)c1ccc2c(C3CCCCC3)c3n(c2c1)CCOc1ncccc1-3. The van der Waals surface area contributed by atoms with Crippen molar-refractivity contribution in [1.29, 1.82) is 0 Å². The zero-order chi connectivity index (χ0) is 19.1. The Morgan fingerprint density at radius 3 is 2.89 bits per heavy atom. The maximum Gasteiger partial charge on any atom is 0.337 e. The number of methoxy groups -OCH3 is 1. The molecule has 0 radical (unpaired) electrons. The van der Waals surface area contributed by atoms with Crippen molar-refractivity contribution in [2.24, 2.45) is 0 Å². The molecule has 1 fully saturated rings. The van der Waals surface area contributed by atoms with Crippen molar-refractivity contribution in [2.75, 3.05) is 13.7 Å². The van der Waals surface area contributed by atoms with Gasteiger partial charge in [0.1, 0.15) is 6.61 Å². The van der Waals surface area contributed by atoms with E-state index in [1.54, 1.807) is 6.20 Å². The van der Waals surface area contributed by atoms with Crippen LogP contribution in [0, 0.1) is 0 Å². The average molecular weight is 376 g/mol. The summed E-state index contributed by atoms with van der Waals surface area (Å²) in [6.45, 7) is 1.30. The molecule has 0 N–H and O–H groups in total. The summed E-state index contributed by atoms with van der Waals surface area (Å²) < 4.78 is 13.2. The molecule has 3 heterocycles. The highest BCUT2D eigenvalue weighted by molar-refractivity contribution is 5.99. The highest BCUT2D eigenvalue weighted by atomic mass is 16.5. The third-order valence-electron chi connectivity index (χ3n) is 6.12. The molecule has 1 saturated carbocycles. The number of ether oxygens (including phenoxy) is 2. The van der Waals surface area contributed by atoms with Crippen LogP contribution in [0.5, 0.6) is 5.88 Å². The van der Waals surface area contributed by atoms with E-state index in [1.165, 1.54) is 55.9 Å². The van der Waals surface area contributed by atoms with E-state index in [2.05, 4.69) is 21.7 Å². The fourth-order valence-electron chi connectivity index (χ4n) is 4.87. The molecule has 0 amide bonds. The second kappa shape index (κ2) is 6.97. The second-order valence-corrected chi connectivity index (χ2v) is 7.68. The first-order valence-electron chi connectivity index (χ1n) is 10.1. The van der Waals surface area contributed by atoms with Gasteiger partial charge in [-0.05, 0) is 48.6 Å². The van der Waals surface area contributed by atoms with Crippen LogP contribution in [0.25, 0.3) is 22.2 Å². The van der Waals surface area contributed by atoms with Gasteiger partial charge in [0.15, 0.2) is 0 Å². The zero-order valence-corrected chi connectivity index (χ0v) is 16.1. The first-order valence-corrected chi connectivity index (χ1v) is 10.1. The Balaban J connectivity index is 1.81. The van der Waals surface area contributed by atoms with Gasteiger partial charge < -0.3 is 14.0 Å². The number of nitrogens with zero attached hydrogens (tertiary/aromatic N) is 2. The lowest BCUT2D eigenvalue weighted by Crippen LogP contribution is -2.07. The average Bonchev–Trinajstić information content (AvgIpc) is 2.95. The van der Waals surface area contributed by atoms with Gasteiger partial charge in [-0.2, -0.15) is 0 Å². The molecular weight excluding hydrogens is 352 g/mol. The number of benzene rings is 1. The van der Waals surface area contributed by atoms with Gasteiger partial charge in [-0.25, -0.2) is 9.78 Å². The van der Waals surface area contributed by atoms with Crippen molar-refractivity contribution >= 4 is 16.9 Å². The fraction of sp³-hybridized carbons (Fsp3) is 0.391. The monoisotopic (exact) mass is 376 g/mol. The van der Waals surface area contributed by atoms with Crippen molar-refractivity contribution in [3.63, 3.8) is 0 Å². The molecule has 0 saturated heterocycles. The van der Waals surface area contributed by atoms with Crippen LogP contribution in [0.4, 0.5) is 0 Å². The van der Waals surface area contributed by atoms with E-state index in [-0.39, 0.29) is 5.97 Å². The molecule has 1 aliphatic carbocycles. The number of esters is 1. The minimum Gasteiger partial charge on any atom is -0.475 e. The summed E-state index contributed by atoms with van der Waals surface area (Å²) in [4.78, 5) is 16.6. The van der Waals surface area contributed by atoms with Gasteiger partial charge in [0.05, 0.1) is 30.5 Å². The Bertz CT molecular complexity index is 1050. The highest BCUT2D eigenvalue weighted by Gasteiger charge is 2.29. The molecule has 0 atom stereocenters. The number of carbonyl (C=O) groups is 1. The molecule has 5 nitrogen and oxygen atoms in total. The lowest BCUT2D eigenvalue weighted by Gasteiger charge is -2.23. The van der Waals surface area contributed by atoms with E-state index >= 15 is 0 Å². The predicted octanol–water partition coefficient (Wildman–Crippen LogP) is 4.93. The fourth-order valence-corrected chi connectivity index (χ4v) is 4.87. The van der Waals surface area contributed by atoms with Crippen LogP contribution in [0.2, 0.25) is 0 Å². The third kappa shape index (κ3) is 2.68. The van der Waals surface area contributed by atoms with Crippen LogP contribution in [0.15, 0.2) is 36.5 Å². The zero-order valence-electron chi connectivity index (χ0n) is 16.1. The number of aromatic nitrogens is 2. The molecule has 0 unspecified atom stereocenters. The van der Waals surface area contributed by atoms with Crippen molar-refractivity contribution in [3.05, 3.63) is 47.7 Å². The van der Waals surface area contributed by atoms with Gasteiger partial charge in [0.25, 0.3) is 0 Å². The Hall–Kier alpha value is -2.82. The number of fused-ring (bicyclic) bond motifs is 5. The van der Waals surface area contributed by atoms with Crippen molar-refractivity contribution in [1.82, 2.24) is 9.55 Å². The molecule has 1 aliphatic heterocycles. The molecule has 3 aromatic rings. The molecule has 0 spiro atoms. The van der Waals surface area contributed by atoms with E-state index in [0.717, 1.165) is 17.6 Å². The first kappa shape index (κ1) is 17.3. The topological polar surface area (TPSA) is 53.4 Å². The summed E-state index contributed by atoms with van der Waals surface area (Å²) in [5.41, 5.74) is 5.33. The number of hydrogen-bond acceptors (Lipinski definition) is 4. The minimum atomic E-state index is -0.302. The predicted molar refractivity (Wildman–Crippen MR) is 108 cm³/mol. The maximum absolute atomic E-state index is 12.1. The van der Waals surface area contributed by atoms with Gasteiger partial charge in [-0.1, -0.05) is 25.3 Å². The van der Waals surface area contributed by atoms with Crippen molar-refractivity contribution in [3.8, 4) is 17.1 Å². The number of hydrogen-bond donors (Lipinski definition) is 0. The largest absolute Gasteiger partial charge is 0.475 e. The van der Waals surface area contributed by atoms with E-state index in [1.807, 2.05) is 18.2 Å². The molecular formula is C23H24N2O3. The molecule has 5 rings (SSSR count). The lowest BCUT2D eigenvalue weighted by atomic mass is 9.82. The van der Waals surface area contributed by atoms with E-state index in [9.17, 15) is 4.79 Å². The summed E-state index contributed by atoms with van der Waals surface area (Å²) >= 11 is 0. The van der Waals surface area contributed by atoms with E-state index in [4.69, 9.17) is 9.47 Å². The molecule has 5 heteroatoms. The number of pyridine rings is 1. The van der Waals surface area contributed by atoms with Crippen LogP contribution >= 0.6 is 0 Å². The first-order chi connectivity index (χ1) is 13.8. The molecule has 2 aromatic heterocycles. The van der Waals surface area contributed by atoms with Gasteiger partial charge >= 0.3 is 5.97 Å². The Morgan fingerprint density at radius 1 is 1.21 bits per heavy atom. The van der Waals surface area contributed by atoms with Gasteiger partial charge in [0.2, 0.25) is 5.88 Å². The standard InChI is InChI=1S/C23H24N2O3/c1-27-23(26)16-9-10-17-19(14-16)25-12-13-28-22-18(8-5-11-24-22)21(25)20(17)15-6-3-2-4-7-15/h5,8-11,14-15H,2-4,6-7,12-13H2,1H3. The van der Waals surface area contributed by atoms with Crippen LogP contribution in [0.3, 0.4) is 0 Å². The summed E-state index contributed by atoms with van der Waals surface area (Å²) in [7, 11) is 1.42. The summed E-state index contributed by atoms with van der Waals surface area (Å²) in [5, 5.41) is 1.24. The van der Waals surface area contributed by atoms with E-state index < -0.39 is 0 Å². The molecule has 0 bridgehead atoms. The van der Waals surface area contributed by atoms with Gasteiger partial charge in [-0.3, -0.25) is 0 Å². The molecule has 144 valence electrons. The highest BCUT2D eigenvalue weighted by Crippen LogP contribution is 2.46. The summed E-state index contributed by atoms with van der Waals surface area (Å²) in [6, 6.07) is 10.0. The molecule has 28 heavy (non-hydrogen) atoms. The Labute approximate surface area is 164 Å². The summed E-state index contributed by atoms with van der Waals surface area (Å²) in [6.07, 6.45) is 8.06.